The molecule has 0 aliphatic carbocycles. The summed E-state index contributed by atoms with van der Waals surface area (Å²) in [4.78, 5) is 0. The highest BCUT2D eigenvalue weighted by atomic mass is 32.1. The van der Waals surface area contributed by atoms with Crippen molar-refractivity contribution in [3.8, 4) is 5.75 Å². The van der Waals surface area contributed by atoms with Crippen LogP contribution in [0.5, 0.6) is 5.75 Å². The second-order valence-electron chi connectivity index (χ2n) is 4.18. The molecule has 0 radical (unpaired) electrons. The summed E-state index contributed by atoms with van der Waals surface area (Å²) in [5, 5.41) is 9.04. The van der Waals surface area contributed by atoms with Crippen molar-refractivity contribution >= 4 is 27.5 Å². The molecule has 0 amide bonds. The summed E-state index contributed by atoms with van der Waals surface area (Å²) < 4.78 is 15.0. The molecule has 0 aliphatic rings. The summed E-state index contributed by atoms with van der Waals surface area (Å²) >= 11 is 1.32. The summed E-state index contributed by atoms with van der Waals surface area (Å²) in [6.45, 7) is 2.03. The van der Waals surface area contributed by atoms with Crippen molar-refractivity contribution < 1.29 is 9.15 Å². The Labute approximate surface area is 114 Å². The minimum Gasteiger partial charge on any atom is -0.493 e. The number of aromatic nitrogens is 2. The average molecular weight is 275 g/mol. The van der Waals surface area contributed by atoms with Crippen LogP contribution in [0.2, 0.25) is 0 Å². The van der Waals surface area contributed by atoms with Crippen molar-refractivity contribution in [2.75, 3.05) is 12.4 Å². The molecule has 0 saturated heterocycles. The largest absolute Gasteiger partial charge is 0.493 e. The highest BCUT2D eigenvalue weighted by molar-refractivity contribution is 7.09. The van der Waals surface area contributed by atoms with Gasteiger partial charge in [0.15, 0.2) is 11.3 Å². The van der Waals surface area contributed by atoms with Gasteiger partial charge in [0.25, 0.3) is 0 Å². The first-order valence-corrected chi connectivity index (χ1v) is 6.65. The van der Waals surface area contributed by atoms with E-state index in [1.165, 1.54) is 11.5 Å². The molecular weight excluding hydrogens is 262 g/mol. The smallest absolute Gasteiger partial charge is 0.176 e. The summed E-state index contributed by atoms with van der Waals surface area (Å²) in [6, 6.07) is 7.90. The topological polar surface area (TPSA) is 60.2 Å². The molecule has 0 fully saturated rings. The highest BCUT2D eigenvalue weighted by Gasteiger charge is 2.14. The third kappa shape index (κ3) is 2.26. The maximum atomic E-state index is 5.88. The molecule has 1 aromatic carbocycles. The number of rotatable bonds is 4. The van der Waals surface area contributed by atoms with E-state index in [-0.39, 0.29) is 6.04 Å². The van der Waals surface area contributed by atoms with Gasteiger partial charge in [0.2, 0.25) is 0 Å². The number of nitrogens with one attached hydrogen (secondary N) is 1. The van der Waals surface area contributed by atoms with E-state index in [0.29, 0.717) is 0 Å². The van der Waals surface area contributed by atoms with Crippen molar-refractivity contribution in [1.82, 2.24) is 9.59 Å². The van der Waals surface area contributed by atoms with E-state index in [0.717, 1.165) is 27.5 Å². The Kier molecular flexibility index (Phi) is 3.08. The number of hydrogen-bond acceptors (Lipinski definition) is 6. The van der Waals surface area contributed by atoms with Gasteiger partial charge in [-0.1, -0.05) is 16.6 Å². The molecule has 0 bridgehead atoms. The molecule has 19 heavy (non-hydrogen) atoms. The molecule has 1 N–H and O–H groups in total. The van der Waals surface area contributed by atoms with Gasteiger partial charge in [-0.15, -0.1) is 5.10 Å². The standard InChI is InChI=1S/C13H13N3O2S/c1-8(15-12-7-14-16-19-12)11-6-9-4-3-5-10(17-2)13(9)18-11/h3-8,15H,1-2H3. The van der Waals surface area contributed by atoms with Crippen LogP contribution in [0.15, 0.2) is 34.9 Å². The van der Waals surface area contributed by atoms with Crippen LogP contribution < -0.4 is 10.1 Å². The van der Waals surface area contributed by atoms with Gasteiger partial charge in [0.1, 0.15) is 10.8 Å². The van der Waals surface area contributed by atoms with Crippen LogP contribution in [0, 0.1) is 0 Å². The third-order valence-electron chi connectivity index (χ3n) is 2.89. The van der Waals surface area contributed by atoms with Crippen molar-refractivity contribution in [3.63, 3.8) is 0 Å². The lowest BCUT2D eigenvalue weighted by atomic mass is 10.2. The van der Waals surface area contributed by atoms with Crippen LogP contribution in [0.1, 0.15) is 18.7 Å². The minimum atomic E-state index is 0.0411. The average Bonchev–Trinajstić information content (AvgIpc) is 3.06. The first-order chi connectivity index (χ1) is 9.28. The molecule has 0 spiro atoms. The molecule has 1 unspecified atom stereocenters. The summed E-state index contributed by atoms with van der Waals surface area (Å²) in [5.74, 6) is 1.60. The Balaban J connectivity index is 1.92. The lowest BCUT2D eigenvalue weighted by Gasteiger charge is -2.09. The van der Waals surface area contributed by atoms with Crippen LogP contribution in [-0.4, -0.2) is 16.7 Å². The van der Waals surface area contributed by atoms with E-state index < -0.39 is 0 Å². The van der Waals surface area contributed by atoms with Gasteiger partial charge in [0.05, 0.1) is 19.3 Å². The van der Waals surface area contributed by atoms with Crippen LogP contribution in [0.25, 0.3) is 11.0 Å². The van der Waals surface area contributed by atoms with Gasteiger partial charge < -0.3 is 14.5 Å². The fourth-order valence-corrected chi connectivity index (χ4v) is 2.45. The zero-order valence-electron chi connectivity index (χ0n) is 10.6. The molecule has 1 atom stereocenters. The van der Waals surface area contributed by atoms with Gasteiger partial charge >= 0.3 is 0 Å². The molecule has 3 rings (SSSR count). The Hall–Kier alpha value is -2.08. The normalized spacial score (nSPS) is 12.5. The predicted octanol–water partition coefficient (Wildman–Crippen LogP) is 3.47. The van der Waals surface area contributed by atoms with E-state index in [9.17, 15) is 0 Å². The quantitative estimate of drug-likeness (QED) is 0.790. The zero-order valence-corrected chi connectivity index (χ0v) is 11.4. The Morgan fingerprint density at radius 2 is 2.32 bits per heavy atom. The monoisotopic (exact) mass is 275 g/mol. The first-order valence-electron chi connectivity index (χ1n) is 5.88. The van der Waals surface area contributed by atoms with Crippen molar-refractivity contribution in [3.05, 3.63) is 36.2 Å². The van der Waals surface area contributed by atoms with Crippen LogP contribution >= 0.6 is 11.5 Å². The second kappa shape index (κ2) is 4.89. The van der Waals surface area contributed by atoms with Gasteiger partial charge in [-0.3, -0.25) is 0 Å². The van der Waals surface area contributed by atoms with Crippen molar-refractivity contribution in [2.24, 2.45) is 0 Å². The van der Waals surface area contributed by atoms with E-state index in [1.807, 2.05) is 31.2 Å². The van der Waals surface area contributed by atoms with E-state index in [1.54, 1.807) is 13.3 Å². The molecule has 6 heteroatoms. The number of furan rings is 1. The molecular formula is C13H13N3O2S. The number of para-hydroxylation sites is 1. The predicted molar refractivity (Wildman–Crippen MR) is 74.7 cm³/mol. The Morgan fingerprint density at radius 3 is 3.05 bits per heavy atom. The second-order valence-corrected chi connectivity index (χ2v) is 4.96. The van der Waals surface area contributed by atoms with E-state index >= 15 is 0 Å². The number of nitrogens with zero attached hydrogens (tertiary/aromatic N) is 2. The highest BCUT2D eigenvalue weighted by Crippen LogP contribution is 2.32. The third-order valence-corrected chi connectivity index (χ3v) is 3.49. The molecule has 2 aromatic heterocycles. The number of fused-ring (bicyclic) bond motifs is 1. The summed E-state index contributed by atoms with van der Waals surface area (Å²) in [7, 11) is 1.64. The Bertz CT molecular complexity index is 678. The van der Waals surface area contributed by atoms with Crippen molar-refractivity contribution in [1.29, 1.82) is 0 Å². The zero-order chi connectivity index (χ0) is 13.2. The minimum absolute atomic E-state index is 0.0411. The molecule has 5 nitrogen and oxygen atoms in total. The summed E-state index contributed by atoms with van der Waals surface area (Å²) in [5.41, 5.74) is 0.774. The summed E-state index contributed by atoms with van der Waals surface area (Å²) in [6.07, 6.45) is 1.70. The molecule has 3 aromatic rings. The van der Waals surface area contributed by atoms with Gasteiger partial charge in [0, 0.05) is 16.9 Å². The van der Waals surface area contributed by atoms with E-state index in [4.69, 9.17) is 9.15 Å². The van der Waals surface area contributed by atoms with Crippen LogP contribution in [-0.2, 0) is 0 Å². The Morgan fingerprint density at radius 1 is 1.42 bits per heavy atom. The van der Waals surface area contributed by atoms with Crippen LogP contribution in [0.3, 0.4) is 0 Å². The molecule has 98 valence electrons. The first kappa shape index (κ1) is 12.0. The number of methoxy groups -OCH3 is 1. The number of hydrogen-bond donors (Lipinski definition) is 1. The lowest BCUT2D eigenvalue weighted by molar-refractivity contribution is 0.406. The maximum absolute atomic E-state index is 5.88. The molecule has 0 saturated carbocycles. The SMILES string of the molecule is COc1cccc2cc(C(C)Nc3cnns3)oc12. The van der Waals surface area contributed by atoms with Gasteiger partial charge in [-0.2, -0.15) is 0 Å². The lowest BCUT2D eigenvalue weighted by Crippen LogP contribution is -2.03. The van der Waals surface area contributed by atoms with E-state index in [2.05, 4.69) is 14.9 Å². The van der Waals surface area contributed by atoms with Crippen LogP contribution in [0.4, 0.5) is 5.00 Å². The fraction of sp³-hybridized carbons (Fsp3) is 0.231. The number of ether oxygens (including phenoxy) is 1. The fourth-order valence-electron chi connectivity index (χ4n) is 1.95. The van der Waals surface area contributed by atoms with Gasteiger partial charge in [-0.25, -0.2) is 0 Å². The van der Waals surface area contributed by atoms with Crippen molar-refractivity contribution in [2.45, 2.75) is 13.0 Å². The maximum Gasteiger partial charge on any atom is 0.176 e. The van der Waals surface area contributed by atoms with Gasteiger partial charge in [-0.05, 0) is 19.1 Å². The number of anilines is 1. The molecule has 0 aliphatic heterocycles. The number of benzene rings is 1. The molecule has 2 heterocycles.